The number of para-hydroxylation sites is 1. The van der Waals surface area contributed by atoms with Crippen LogP contribution < -0.4 is 10.6 Å². The highest BCUT2D eigenvalue weighted by Gasteiger charge is 2.76. The zero-order valence-corrected chi connectivity index (χ0v) is 20.9. The van der Waals surface area contributed by atoms with Gasteiger partial charge in [-0.2, -0.15) is 0 Å². The van der Waals surface area contributed by atoms with Crippen LogP contribution in [0.15, 0.2) is 24.3 Å². The first-order chi connectivity index (χ1) is 16.9. The van der Waals surface area contributed by atoms with Gasteiger partial charge in [0, 0.05) is 24.9 Å². The average Bonchev–Trinajstić information content (AvgIpc) is 3.56. The third-order valence-corrected chi connectivity index (χ3v) is 9.92. The minimum atomic E-state index is -0.662. The van der Waals surface area contributed by atoms with Gasteiger partial charge in [-0.3, -0.25) is 14.4 Å². The number of fused-ring (bicyclic) bond motifs is 2. The van der Waals surface area contributed by atoms with Crippen LogP contribution in [0.3, 0.4) is 0 Å². The molecule has 188 valence electrons. The Labute approximate surface area is 208 Å². The molecular formula is C24H32N6O4S. The Morgan fingerprint density at radius 1 is 1.20 bits per heavy atom. The number of nitrogens with zero attached hydrogens (tertiary/aromatic N) is 4. The van der Waals surface area contributed by atoms with E-state index in [2.05, 4.69) is 27.9 Å². The van der Waals surface area contributed by atoms with Gasteiger partial charge >= 0.3 is 0 Å². The van der Waals surface area contributed by atoms with Crippen LogP contribution in [0.5, 0.6) is 0 Å². The number of aliphatic hydroxyl groups is 1. The summed E-state index contributed by atoms with van der Waals surface area (Å²) in [6.45, 7) is 2.73. The van der Waals surface area contributed by atoms with Crippen molar-refractivity contribution in [1.29, 1.82) is 0 Å². The van der Waals surface area contributed by atoms with Crippen LogP contribution in [0, 0.1) is 11.8 Å². The number of hydrogen-bond acceptors (Lipinski definition) is 7. The van der Waals surface area contributed by atoms with E-state index in [1.807, 2.05) is 24.3 Å². The number of unbranched alkanes of at least 4 members (excludes halogenated alkanes) is 2. The number of nitrogens with one attached hydrogen (secondary N) is 2. The molecule has 2 bridgehead atoms. The molecule has 0 radical (unpaired) electrons. The number of thioether (sulfide) groups is 1. The highest BCUT2D eigenvalue weighted by atomic mass is 32.2. The number of carbonyl (C=O) groups excluding carboxylic acids is 3. The molecule has 10 nitrogen and oxygen atoms in total. The minimum absolute atomic E-state index is 0.100. The standard InChI is InChI=1S/C24H32N6O4S/c1-23-10-11-24(35-23)18(17(23)20(32)25-2)22(34)29(12-6-3-7-13-31)19(24)21(33)26-14-30-16-9-5-4-8-15(16)27-28-30/h4-5,8-9,17-19,31H,3,6-7,10-14H2,1-2H3,(H,25,32)(H,26,33)/t17-,18-,19?,23+,24?/m0/s1. The quantitative estimate of drug-likeness (QED) is 0.436. The van der Waals surface area contributed by atoms with E-state index in [-0.39, 0.29) is 35.7 Å². The van der Waals surface area contributed by atoms with E-state index in [0.29, 0.717) is 19.4 Å². The summed E-state index contributed by atoms with van der Waals surface area (Å²) in [5.41, 5.74) is 1.56. The smallest absolute Gasteiger partial charge is 0.245 e. The molecule has 3 aliphatic rings. The Balaban J connectivity index is 1.43. The molecule has 1 aromatic carbocycles. The van der Waals surface area contributed by atoms with Crippen molar-refractivity contribution >= 4 is 40.5 Å². The fourth-order valence-corrected chi connectivity index (χ4v) is 8.73. The summed E-state index contributed by atoms with van der Waals surface area (Å²) in [5.74, 6) is -1.44. The van der Waals surface area contributed by atoms with Crippen molar-refractivity contribution < 1.29 is 19.5 Å². The largest absolute Gasteiger partial charge is 0.396 e. The molecule has 3 saturated heterocycles. The van der Waals surface area contributed by atoms with Crippen LogP contribution in [0.4, 0.5) is 0 Å². The number of amides is 3. The van der Waals surface area contributed by atoms with Crippen molar-refractivity contribution in [2.75, 3.05) is 20.2 Å². The van der Waals surface area contributed by atoms with Crippen molar-refractivity contribution in [2.24, 2.45) is 11.8 Å². The van der Waals surface area contributed by atoms with E-state index >= 15 is 0 Å². The summed E-state index contributed by atoms with van der Waals surface area (Å²) in [5, 5.41) is 23.2. The Morgan fingerprint density at radius 3 is 2.77 bits per heavy atom. The van der Waals surface area contributed by atoms with Crippen molar-refractivity contribution in [3.63, 3.8) is 0 Å². The Hall–Kier alpha value is -2.66. The lowest BCUT2D eigenvalue weighted by atomic mass is 9.66. The SMILES string of the molecule is CNC(=O)[C@@H]1[C@H]2C(=O)N(CCCCCO)C(C(=O)NCn3nnc4ccccc43)C23CC[C@@]1(C)S3. The van der Waals surface area contributed by atoms with Gasteiger partial charge in [0.25, 0.3) is 0 Å². The lowest BCUT2D eigenvalue weighted by Crippen LogP contribution is -2.54. The molecule has 2 aromatic rings. The molecular weight excluding hydrogens is 468 g/mol. The summed E-state index contributed by atoms with van der Waals surface area (Å²) in [4.78, 5) is 42.2. The van der Waals surface area contributed by atoms with Gasteiger partial charge in [0.05, 0.1) is 22.1 Å². The van der Waals surface area contributed by atoms with Crippen molar-refractivity contribution in [2.45, 2.75) is 61.2 Å². The fourth-order valence-electron chi connectivity index (χ4n) is 6.38. The van der Waals surface area contributed by atoms with E-state index in [1.165, 1.54) is 0 Å². The third-order valence-electron chi connectivity index (χ3n) is 7.93. The molecule has 0 saturated carbocycles. The molecule has 5 atom stereocenters. The first-order valence-electron chi connectivity index (χ1n) is 12.3. The third kappa shape index (κ3) is 3.70. The van der Waals surface area contributed by atoms with E-state index in [9.17, 15) is 14.4 Å². The minimum Gasteiger partial charge on any atom is -0.396 e. The highest BCUT2D eigenvalue weighted by molar-refractivity contribution is 8.02. The molecule has 11 heteroatoms. The first-order valence-corrected chi connectivity index (χ1v) is 13.1. The summed E-state index contributed by atoms with van der Waals surface area (Å²) < 4.78 is 0.636. The summed E-state index contributed by atoms with van der Waals surface area (Å²) in [6, 6.07) is 6.87. The topological polar surface area (TPSA) is 129 Å². The first kappa shape index (κ1) is 24.1. The number of hydrogen-bond donors (Lipinski definition) is 3. The Kier molecular flexibility index (Phi) is 6.25. The number of likely N-dealkylation sites (tertiary alicyclic amines) is 1. The number of aliphatic hydroxyl groups excluding tert-OH is 1. The predicted octanol–water partition coefficient (Wildman–Crippen LogP) is 0.895. The molecule has 1 spiro atoms. The van der Waals surface area contributed by atoms with Crippen LogP contribution in [-0.4, -0.2) is 78.5 Å². The van der Waals surface area contributed by atoms with Gasteiger partial charge in [0.15, 0.2) is 0 Å². The lowest BCUT2D eigenvalue weighted by molar-refractivity contribution is -0.140. The normalized spacial score (nSPS) is 31.2. The Morgan fingerprint density at radius 2 is 2.00 bits per heavy atom. The van der Waals surface area contributed by atoms with Crippen LogP contribution in [0.25, 0.3) is 11.0 Å². The number of benzene rings is 1. The highest BCUT2D eigenvalue weighted by Crippen LogP contribution is 2.71. The fraction of sp³-hybridized carbons (Fsp3) is 0.625. The van der Waals surface area contributed by atoms with Gasteiger partial charge in [-0.1, -0.05) is 17.3 Å². The molecule has 3 fully saturated rings. The molecule has 3 amide bonds. The van der Waals surface area contributed by atoms with E-state index in [1.54, 1.807) is 28.4 Å². The molecule has 2 unspecified atom stereocenters. The van der Waals surface area contributed by atoms with Crippen molar-refractivity contribution in [1.82, 2.24) is 30.5 Å². The lowest BCUT2D eigenvalue weighted by Gasteiger charge is -2.34. The van der Waals surface area contributed by atoms with Gasteiger partial charge < -0.3 is 20.6 Å². The maximum Gasteiger partial charge on any atom is 0.245 e. The maximum atomic E-state index is 13.8. The van der Waals surface area contributed by atoms with Crippen LogP contribution in [0.1, 0.15) is 39.0 Å². The molecule has 3 aliphatic heterocycles. The van der Waals surface area contributed by atoms with Gasteiger partial charge in [0.2, 0.25) is 17.7 Å². The molecule has 4 heterocycles. The predicted molar refractivity (Wildman–Crippen MR) is 131 cm³/mol. The number of rotatable bonds is 9. The summed E-state index contributed by atoms with van der Waals surface area (Å²) in [7, 11) is 1.60. The van der Waals surface area contributed by atoms with Gasteiger partial charge in [-0.05, 0) is 51.2 Å². The van der Waals surface area contributed by atoms with Crippen LogP contribution in [0.2, 0.25) is 0 Å². The van der Waals surface area contributed by atoms with Crippen LogP contribution >= 0.6 is 11.8 Å². The molecule has 3 N–H and O–H groups in total. The van der Waals surface area contributed by atoms with Gasteiger partial charge in [-0.25, -0.2) is 4.68 Å². The number of carbonyl (C=O) groups is 3. The second-order valence-corrected chi connectivity index (χ2v) is 11.8. The molecule has 0 aliphatic carbocycles. The zero-order valence-electron chi connectivity index (χ0n) is 20.1. The maximum absolute atomic E-state index is 13.8. The second-order valence-electron chi connectivity index (χ2n) is 9.93. The summed E-state index contributed by atoms with van der Waals surface area (Å²) in [6.07, 6.45) is 3.62. The van der Waals surface area contributed by atoms with E-state index in [4.69, 9.17) is 5.11 Å². The molecule has 5 rings (SSSR count). The van der Waals surface area contributed by atoms with Crippen LogP contribution in [-0.2, 0) is 21.1 Å². The van der Waals surface area contributed by atoms with Gasteiger partial charge in [0.1, 0.15) is 18.2 Å². The second kappa shape index (κ2) is 9.09. The van der Waals surface area contributed by atoms with E-state index in [0.717, 1.165) is 30.3 Å². The average molecular weight is 501 g/mol. The summed E-state index contributed by atoms with van der Waals surface area (Å²) >= 11 is 1.66. The monoisotopic (exact) mass is 500 g/mol. The van der Waals surface area contributed by atoms with Gasteiger partial charge in [-0.15, -0.1) is 16.9 Å². The Bertz CT molecular complexity index is 1160. The zero-order chi connectivity index (χ0) is 24.8. The number of aromatic nitrogens is 3. The van der Waals surface area contributed by atoms with Crippen molar-refractivity contribution in [3.05, 3.63) is 24.3 Å². The molecule has 35 heavy (non-hydrogen) atoms. The van der Waals surface area contributed by atoms with E-state index < -0.39 is 22.6 Å². The molecule has 1 aromatic heterocycles. The van der Waals surface area contributed by atoms with Crippen molar-refractivity contribution in [3.8, 4) is 0 Å².